The van der Waals surface area contributed by atoms with Crippen molar-refractivity contribution in [3.8, 4) is 0 Å². The number of aliphatic carboxylic acids is 1. The Labute approximate surface area is 77.5 Å². The molecule has 0 radical (unpaired) electrons. The van der Waals surface area contributed by atoms with E-state index in [2.05, 4.69) is 4.90 Å². The number of likely N-dealkylation sites (tertiary alicyclic amines) is 1. The lowest BCUT2D eigenvalue weighted by molar-refractivity contribution is -0.143. The van der Waals surface area contributed by atoms with Gasteiger partial charge in [-0.3, -0.25) is 4.79 Å². The number of ether oxygens (including phenoxy) is 1. The number of hydrogen-bond donors (Lipinski definition) is 1. The van der Waals surface area contributed by atoms with Gasteiger partial charge in [-0.05, 0) is 13.5 Å². The van der Waals surface area contributed by atoms with Gasteiger partial charge in [0.2, 0.25) is 0 Å². The molecule has 0 aromatic carbocycles. The van der Waals surface area contributed by atoms with E-state index in [0.29, 0.717) is 19.2 Å². The Morgan fingerprint density at radius 3 is 3.08 bits per heavy atom. The minimum Gasteiger partial charge on any atom is -0.481 e. The molecule has 4 nitrogen and oxygen atoms in total. The quantitative estimate of drug-likeness (QED) is 0.626. The molecule has 2 aliphatic heterocycles. The largest absolute Gasteiger partial charge is 0.481 e. The molecule has 0 aromatic rings. The fraction of sp³-hybridized carbons (Fsp3) is 0.889. The molecular weight excluding hydrogens is 170 g/mol. The number of hydrogen-bond acceptors (Lipinski definition) is 3. The number of carboxylic acids is 1. The van der Waals surface area contributed by atoms with Crippen molar-refractivity contribution in [1.29, 1.82) is 0 Å². The third-order valence-corrected chi connectivity index (χ3v) is 3.25. The van der Waals surface area contributed by atoms with Gasteiger partial charge in [-0.2, -0.15) is 0 Å². The maximum Gasteiger partial charge on any atom is 0.308 e. The molecule has 0 aromatic heterocycles. The Balaban J connectivity index is 2.12. The molecule has 3 atom stereocenters. The SMILES string of the molecule is CN1CC(C(=O)O)C2COCCC21. The second-order valence-electron chi connectivity index (χ2n) is 3.98. The second kappa shape index (κ2) is 3.27. The van der Waals surface area contributed by atoms with E-state index in [1.165, 1.54) is 0 Å². The maximum atomic E-state index is 10.9. The molecule has 2 aliphatic rings. The van der Waals surface area contributed by atoms with Crippen LogP contribution in [0.4, 0.5) is 0 Å². The first-order valence-electron chi connectivity index (χ1n) is 4.71. The van der Waals surface area contributed by atoms with Crippen LogP contribution < -0.4 is 0 Å². The van der Waals surface area contributed by atoms with Crippen molar-refractivity contribution in [2.45, 2.75) is 12.5 Å². The third kappa shape index (κ3) is 1.44. The van der Waals surface area contributed by atoms with Gasteiger partial charge >= 0.3 is 5.97 Å². The van der Waals surface area contributed by atoms with E-state index in [0.717, 1.165) is 13.0 Å². The Bertz CT molecular complexity index is 219. The summed E-state index contributed by atoms with van der Waals surface area (Å²) < 4.78 is 5.32. The van der Waals surface area contributed by atoms with Crippen LogP contribution in [-0.4, -0.2) is 48.8 Å². The summed E-state index contributed by atoms with van der Waals surface area (Å²) in [5, 5.41) is 8.99. The topological polar surface area (TPSA) is 49.8 Å². The lowest BCUT2D eigenvalue weighted by Gasteiger charge is -2.29. The van der Waals surface area contributed by atoms with Crippen molar-refractivity contribution in [1.82, 2.24) is 4.90 Å². The maximum absolute atomic E-state index is 10.9. The highest BCUT2D eigenvalue weighted by molar-refractivity contribution is 5.71. The molecule has 13 heavy (non-hydrogen) atoms. The first kappa shape index (κ1) is 8.97. The summed E-state index contributed by atoms with van der Waals surface area (Å²) in [5.41, 5.74) is 0. The predicted octanol–water partition coefficient (Wildman–Crippen LogP) is 0.0377. The zero-order valence-electron chi connectivity index (χ0n) is 7.77. The molecular formula is C9H15NO3. The summed E-state index contributed by atoms with van der Waals surface area (Å²) in [6.45, 7) is 2.07. The Kier molecular flexibility index (Phi) is 2.26. The third-order valence-electron chi connectivity index (χ3n) is 3.25. The molecule has 74 valence electrons. The van der Waals surface area contributed by atoms with Crippen LogP contribution in [0.1, 0.15) is 6.42 Å². The molecule has 0 aliphatic carbocycles. The molecule has 1 N–H and O–H groups in total. The average molecular weight is 185 g/mol. The molecule has 0 spiro atoms. The highest BCUT2D eigenvalue weighted by Crippen LogP contribution is 2.33. The monoisotopic (exact) mass is 185 g/mol. The number of rotatable bonds is 1. The zero-order valence-corrected chi connectivity index (χ0v) is 7.77. The van der Waals surface area contributed by atoms with Crippen molar-refractivity contribution in [3.05, 3.63) is 0 Å². The summed E-state index contributed by atoms with van der Waals surface area (Å²) in [7, 11) is 2.01. The van der Waals surface area contributed by atoms with Crippen LogP contribution in [0, 0.1) is 11.8 Å². The van der Waals surface area contributed by atoms with E-state index in [1.54, 1.807) is 0 Å². The lowest BCUT2D eigenvalue weighted by atomic mass is 9.88. The van der Waals surface area contributed by atoms with Crippen molar-refractivity contribution < 1.29 is 14.6 Å². The highest BCUT2D eigenvalue weighted by Gasteiger charge is 2.44. The molecule has 2 rings (SSSR count). The summed E-state index contributed by atoms with van der Waals surface area (Å²) in [4.78, 5) is 13.1. The summed E-state index contributed by atoms with van der Waals surface area (Å²) in [6.07, 6.45) is 0.977. The normalized spacial score (nSPS) is 40.2. The first-order chi connectivity index (χ1) is 6.20. The van der Waals surface area contributed by atoms with E-state index >= 15 is 0 Å². The van der Waals surface area contributed by atoms with Crippen molar-refractivity contribution in [2.75, 3.05) is 26.8 Å². The fourth-order valence-electron chi connectivity index (χ4n) is 2.52. The van der Waals surface area contributed by atoms with Crippen molar-refractivity contribution in [3.63, 3.8) is 0 Å². The second-order valence-corrected chi connectivity index (χ2v) is 3.98. The zero-order chi connectivity index (χ0) is 9.42. The minimum atomic E-state index is -0.676. The summed E-state index contributed by atoms with van der Waals surface area (Å²) >= 11 is 0. The van der Waals surface area contributed by atoms with Crippen LogP contribution in [0.5, 0.6) is 0 Å². The van der Waals surface area contributed by atoms with E-state index < -0.39 is 5.97 Å². The van der Waals surface area contributed by atoms with E-state index in [1.807, 2.05) is 7.05 Å². The molecule has 2 heterocycles. The van der Waals surface area contributed by atoms with Crippen LogP contribution in [0.3, 0.4) is 0 Å². The van der Waals surface area contributed by atoms with Gasteiger partial charge in [-0.25, -0.2) is 0 Å². The number of fused-ring (bicyclic) bond motifs is 1. The smallest absolute Gasteiger partial charge is 0.308 e. The van der Waals surface area contributed by atoms with Gasteiger partial charge in [-0.15, -0.1) is 0 Å². The molecule has 2 fully saturated rings. The van der Waals surface area contributed by atoms with Gasteiger partial charge in [-0.1, -0.05) is 0 Å². The first-order valence-corrected chi connectivity index (χ1v) is 4.71. The molecule has 2 saturated heterocycles. The van der Waals surface area contributed by atoms with Crippen LogP contribution in [0.25, 0.3) is 0 Å². The summed E-state index contributed by atoms with van der Waals surface area (Å²) in [5.74, 6) is -0.698. The number of carboxylic acid groups (broad SMARTS) is 1. The van der Waals surface area contributed by atoms with E-state index in [-0.39, 0.29) is 11.8 Å². The average Bonchev–Trinajstić information content (AvgIpc) is 2.45. The van der Waals surface area contributed by atoms with Crippen LogP contribution >= 0.6 is 0 Å². The van der Waals surface area contributed by atoms with Gasteiger partial charge in [0.1, 0.15) is 0 Å². The minimum absolute atomic E-state index is 0.205. The predicted molar refractivity (Wildman–Crippen MR) is 46.5 cm³/mol. The Morgan fingerprint density at radius 2 is 2.38 bits per heavy atom. The Hall–Kier alpha value is -0.610. The number of carbonyl (C=O) groups is 1. The highest BCUT2D eigenvalue weighted by atomic mass is 16.5. The van der Waals surface area contributed by atoms with E-state index in [9.17, 15) is 4.79 Å². The van der Waals surface area contributed by atoms with Gasteiger partial charge in [0, 0.05) is 25.1 Å². The van der Waals surface area contributed by atoms with Crippen LogP contribution in [0.2, 0.25) is 0 Å². The van der Waals surface area contributed by atoms with Gasteiger partial charge < -0.3 is 14.7 Å². The van der Waals surface area contributed by atoms with Gasteiger partial charge in [0.15, 0.2) is 0 Å². The number of nitrogens with zero attached hydrogens (tertiary/aromatic N) is 1. The molecule has 3 unspecified atom stereocenters. The lowest BCUT2D eigenvalue weighted by Crippen LogP contribution is -2.38. The van der Waals surface area contributed by atoms with Crippen molar-refractivity contribution >= 4 is 5.97 Å². The molecule has 4 heteroatoms. The van der Waals surface area contributed by atoms with Gasteiger partial charge in [0.05, 0.1) is 12.5 Å². The molecule has 0 saturated carbocycles. The van der Waals surface area contributed by atoms with Crippen molar-refractivity contribution in [2.24, 2.45) is 11.8 Å². The fourth-order valence-corrected chi connectivity index (χ4v) is 2.52. The molecule has 0 bridgehead atoms. The van der Waals surface area contributed by atoms with E-state index in [4.69, 9.17) is 9.84 Å². The van der Waals surface area contributed by atoms with Gasteiger partial charge in [0.25, 0.3) is 0 Å². The molecule has 0 amide bonds. The standard InChI is InChI=1S/C9H15NO3/c1-10-4-6(9(11)12)7-5-13-3-2-8(7)10/h6-8H,2-5H2,1H3,(H,11,12). The Morgan fingerprint density at radius 1 is 1.62 bits per heavy atom. The summed E-state index contributed by atoms with van der Waals surface area (Å²) in [6, 6.07) is 0.426. The van der Waals surface area contributed by atoms with Crippen LogP contribution in [-0.2, 0) is 9.53 Å². The van der Waals surface area contributed by atoms with Crippen LogP contribution in [0.15, 0.2) is 0 Å².